The number of rotatable bonds is 7. The molecule has 0 aliphatic rings. The minimum atomic E-state index is -6.95. The third-order valence-corrected chi connectivity index (χ3v) is 4.64. The normalized spacial score (nSPS) is 14.6. The van der Waals surface area contributed by atoms with Gasteiger partial charge in [0.05, 0.1) is 0 Å². The molecule has 11 heteroatoms. The monoisotopic (exact) mass is 446 g/mol. The Balaban J connectivity index is 3.27. The Kier molecular flexibility index (Phi) is 6.50. The van der Waals surface area contributed by atoms with Crippen molar-refractivity contribution in [3.05, 3.63) is 41.1 Å². The van der Waals surface area contributed by atoms with Crippen LogP contribution in [0.15, 0.2) is 41.1 Å². The molecule has 0 saturated heterocycles. The van der Waals surface area contributed by atoms with Crippen molar-refractivity contribution in [2.45, 2.75) is 30.9 Å². The van der Waals surface area contributed by atoms with Crippen LogP contribution in [0.3, 0.4) is 0 Å². The molecule has 0 aromatic heterocycles. The molecule has 0 heterocycles. The zero-order valence-corrected chi connectivity index (χ0v) is 14.1. The molecule has 0 unspecified atom stereocenters. The van der Waals surface area contributed by atoms with Gasteiger partial charge in [-0.25, -0.2) is 0 Å². The fourth-order valence-electron chi connectivity index (χ4n) is 1.50. The summed E-state index contributed by atoms with van der Waals surface area (Å²) in [6.07, 6.45) is -6.86. The number of hydrogen-bond acceptors (Lipinski definition) is 1. The van der Waals surface area contributed by atoms with Crippen molar-refractivity contribution in [2.75, 3.05) is 6.61 Å². The van der Waals surface area contributed by atoms with Crippen LogP contribution in [-0.4, -0.2) is 45.5 Å². The molecule has 0 spiro atoms. The average molecular weight is 445 g/mol. The van der Waals surface area contributed by atoms with Gasteiger partial charge in [0.1, 0.15) is 0 Å². The van der Waals surface area contributed by atoms with Gasteiger partial charge >= 0.3 is 142 Å². The van der Waals surface area contributed by atoms with Gasteiger partial charge in [0, 0.05) is 0 Å². The molecule has 1 nitrogen and oxygen atoms in total. The third-order valence-electron chi connectivity index (χ3n) is 2.80. The van der Waals surface area contributed by atoms with Crippen LogP contribution >= 0.6 is 0 Å². The first kappa shape index (κ1) is 21.7. The molecule has 1 aromatic carbocycles. The van der Waals surface area contributed by atoms with Gasteiger partial charge in [0.15, 0.2) is 0 Å². The molecular formula is C14H11F9OSe. The van der Waals surface area contributed by atoms with E-state index >= 15 is 0 Å². The number of halogens is 9. The van der Waals surface area contributed by atoms with Gasteiger partial charge in [-0.15, -0.1) is 0 Å². The maximum absolute atomic E-state index is 13.9. The van der Waals surface area contributed by atoms with E-state index in [1.807, 2.05) is 0 Å². The number of alkyl halides is 9. The van der Waals surface area contributed by atoms with Crippen LogP contribution in [0.1, 0.15) is 6.92 Å². The molecule has 0 aliphatic heterocycles. The SMILES string of the molecule is CCO/C(=C/[Se]c1ccccc1)C(F)(F)C(F)(F)C(F)(F)C(F)(F)F. The first-order valence-corrected chi connectivity index (χ1v) is 8.39. The van der Waals surface area contributed by atoms with Gasteiger partial charge in [0.25, 0.3) is 0 Å². The van der Waals surface area contributed by atoms with Crippen LogP contribution < -0.4 is 4.46 Å². The van der Waals surface area contributed by atoms with Crippen LogP contribution in [0.25, 0.3) is 0 Å². The second-order valence-electron chi connectivity index (χ2n) is 4.57. The van der Waals surface area contributed by atoms with Gasteiger partial charge in [0.2, 0.25) is 0 Å². The van der Waals surface area contributed by atoms with E-state index < -0.39 is 51.3 Å². The minimum absolute atomic E-state index is 0.397. The molecule has 1 rings (SSSR count). The van der Waals surface area contributed by atoms with Crippen molar-refractivity contribution < 1.29 is 44.3 Å². The van der Waals surface area contributed by atoms with Crippen molar-refractivity contribution in [3.8, 4) is 0 Å². The predicted octanol–water partition coefficient (Wildman–Crippen LogP) is 4.36. The summed E-state index contributed by atoms with van der Waals surface area (Å²) < 4.78 is 122. The van der Waals surface area contributed by atoms with E-state index in [-0.39, 0.29) is 0 Å². The fourth-order valence-corrected chi connectivity index (χ4v) is 3.13. The molecule has 0 aliphatic carbocycles. The molecule has 0 fully saturated rings. The van der Waals surface area contributed by atoms with E-state index in [4.69, 9.17) is 0 Å². The second-order valence-corrected chi connectivity index (χ2v) is 6.55. The summed E-state index contributed by atoms with van der Waals surface area (Å²) >= 11 is -1.06. The molecule has 0 bridgehead atoms. The van der Waals surface area contributed by atoms with E-state index in [0.717, 1.165) is 6.92 Å². The maximum atomic E-state index is 13.9. The van der Waals surface area contributed by atoms with Crippen LogP contribution in [-0.2, 0) is 4.74 Å². The standard InChI is InChI=1S/C14H11F9OSe/c1-2-24-10(8-25-9-6-4-3-5-7-9)11(15,16)12(17,18)13(19,20)14(21,22)23/h3-8H,2H2,1H3/b10-8+. The number of allylic oxidation sites excluding steroid dienone is 1. The van der Waals surface area contributed by atoms with E-state index in [1.165, 1.54) is 24.3 Å². The Morgan fingerprint density at radius 2 is 1.44 bits per heavy atom. The van der Waals surface area contributed by atoms with Gasteiger partial charge < -0.3 is 0 Å². The third kappa shape index (κ3) is 4.25. The summed E-state index contributed by atoms with van der Waals surface area (Å²) in [5.74, 6) is -21.5. The van der Waals surface area contributed by atoms with Crippen molar-refractivity contribution in [3.63, 3.8) is 0 Å². The van der Waals surface area contributed by atoms with Crippen LogP contribution in [0, 0.1) is 0 Å². The van der Waals surface area contributed by atoms with Crippen molar-refractivity contribution in [1.29, 1.82) is 0 Å². The molecule has 1 aromatic rings. The average Bonchev–Trinajstić information content (AvgIpc) is 2.50. The van der Waals surface area contributed by atoms with Gasteiger partial charge in [-0.2, -0.15) is 0 Å². The number of hydrogen-bond donors (Lipinski definition) is 0. The predicted molar refractivity (Wildman–Crippen MR) is 72.4 cm³/mol. The topological polar surface area (TPSA) is 9.23 Å². The summed E-state index contributed by atoms with van der Waals surface area (Å²) in [6, 6.07) is 7.49. The van der Waals surface area contributed by atoms with E-state index in [2.05, 4.69) is 4.74 Å². The van der Waals surface area contributed by atoms with Gasteiger partial charge in [-0.3, -0.25) is 0 Å². The summed E-state index contributed by atoms with van der Waals surface area (Å²) in [4.78, 5) is 0.423. The van der Waals surface area contributed by atoms with E-state index in [9.17, 15) is 39.5 Å². The Hall–Kier alpha value is -1.35. The quantitative estimate of drug-likeness (QED) is 0.345. The van der Waals surface area contributed by atoms with Gasteiger partial charge in [-0.1, -0.05) is 0 Å². The van der Waals surface area contributed by atoms with Crippen molar-refractivity contribution in [2.24, 2.45) is 0 Å². The van der Waals surface area contributed by atoms with Gasteiger partial charge in [-0.05, 0) is 0 Å². The summed E-state index contributed by atoms with van der Waals surface area (Å²) in [5, 5.41) is 0. The molecule has 0 atom stereocenters. The Morgan fingerprint density at radius 3 is 1.88 bits per heavy atom. The van der Waals surface area contributed by atoms with Crippen LogP contribution in [0.5, 0.6) is 0 Å². The molecule has 0 N–H and O–H groups in total. The first-order valence-electron chi connectivity index (χ1n) is 6.54. The zero-order valence-electron chi connectivity index (χ0n) is 12.4. The first-order chi connectivity index (χ1) is 11.3. The molecule has 25 heavy (non-hydrogen) atoms. The van der Waals surface area contributed by atoms with Crippen LogP contribution in [0.2, 0.25) is 0 Å². The second kappa shape index (κ2) is 7.49. The zero-order chi connectivity index (χ0) is 19.5. The molecule has 0 radical (unpaired) electrons. The summed E-state index contributed by atoms with van der Waals surface area (Å²) in [7, 11) is 0. The fraction of sp³-hybridized carbons (Fsp3) is 0.429. The van der Waals surface area contributed by atoms with E-state index in [1.54, 1.807) is 6.07 Å². The van der Waals surface area contributed by atoms with E-state index in [0.29, 0.717) is 9.44 Å². The molecule has 0 amide bonds. The Labute approximate surface area is 143 Å². The Morgan fingerprint density at radius 1 is 0.920 bits per heavy atom. The number of ether oxygens (including phenoxy) is 1. The Bertz CT molecular complexity index is 596. The molecule has 0 saturated carbocycles. The van der Waals surface area contributed by atoms with Crippen molar-refractivity contribution in [1.82, 2.24) is 0 Å². The number of benzene rings is 1. The summed E-state index contributed by atoms with van der Waals surface area (Å²) in [5.41, 5.74) is 0. The van der Waals surface area contributed by atoms with Crippen molar-refractivity contribution >= 4 is 19.4 Å². The summed E-state index contributed by atoms with van der Waals surface area (Å²) in [6.45, 7) is 0.472. The van der Waals surface area contributed by atoms with Crippen LogP contribution in [0.4, 0.5) is 39.5 Å². The molecular weight excluding hydrogens is 434 g/mol. The molecule has 142 valence electrons.